The number of carbonyl (C=O) groups excluding carboxylic acids is 2. The number of rotatable bonds is 13. The molecule has 2 fully saturated rings. The summed E-state index contributed by atoms with van der Waals surface area (Å²) in [5.41, 5.74) is 5.49. The normalized spacial score (nSPS) is 19.6. The van der Waals surface area contributed by atoms with Crippen LogP contribution in [0.2, 0.25) is 0 Å². The number of nitro benzene ring substituents is 1. The van der Waals surface area contributed by atoms with E-state index in [1.54, 1.807) is 24.3 Å². The van der Waals surface area contributed by atoms with Gasteiger partial charge < -0.3 is 34.9 Å². The summed E-state index contributed by atoms with van der Waals surface area (Å²) in [6.07, 6.45) is -0.00158. The number of anilines is 1. The minimum atomic E-state index is -0.829. The van der Waals surface area contributed by atoms with Gasteiger partial charge in [-0.3, -0.25) is 15.0 Å². The Hall–Kier alpha value is -5.34. The number of methoxy groups -OCH3 is 1. The smallest absolute Gasteiger partial charge is 0.328 e. The maximum absolute atomic E-state index is 12.8. The van der Waals surface area contributed by atoms with E-state index in [0.717, 1.165) is 59.7 Å². The van der Waals surface area contributed by atoms with Gasteiger partial charge in [0.15, 0.2) is 6.29 Å². The van der Waals surface area contributed by atoms with E-state index in [1.165, 1.54) is 7.11 Å². The Labute approximate surface area is 308 Å². The number of benzene rings is 4. The summed E-state index contributed by atoms with van der Waals surface area (Å²) in [5, 5.41) is 26.2. The molecular formula is C40H45N5O8. The molecule has 2 aliphatic rings. The molecular weight excluding hydrogens is 678 g/mol. The predicted octanol–water partition coefficient (Wildman–Crippen LogP) is 5.04. The van der Waals surface area contributed by atoms with E-state index in [9.17, 15) is 24.8 Å². The number of esters is 1. The van der Waals surface area contributed by atoms with Crippen LogP contribution in [0, 0.1) is 10.1 Å². The van der Waals surface area contributed by atoms with Gasteiger partial charge in [0.2, 0.25) is 0 Å². The Morgan fingerprint density at radius 1 is 0.868 bits per heavy atom. The van der Waals surface area contributed by atoms with Gasteiger partial charge in [-0.05, 0) is 34.4 Å². The molecule has 2 saturated heterocycles. The van der Waals surface area contributed by atoms with Crippen LogP contribution >= 0.6 is 0 Å². The Kier molecular flexibility index (Phi) is 12.7. The van der Waals surface area contributed by atoms with Crippen LogP contribution in [0.25, 0.3) is 0 Å². The zero-order chi connectivity index (χ0) is 37.2. The van der Waals surface area contributed by atoms with Gasteiger partial charge in [0.1, 0.15) is 6.04 Å². The third-order valence-corrected chi connectivity index (χ3v) is 9.65. The first-order valence-corrected chi connectivity index (χ1v) is 17.7. The molecule has 2 amide bonds. The lowest BCUT2D eigenvalue weighted by Gasteiger charge is -2.41. The molecule has 53 heavy (non-hydrogen) atoms. The quantitative estimate of drug-likeness (QED) is 0.0971. The summed E-state index contributed by atoms with van der Waals surface area (Å²) < 4.78 is 18.0. The maximum Gasteiger partial charge on any atom is 0.328 e. The van der Waals surface area contributed by atoms with E-state index in [-0.39, 0.29) is 36.0 Å². The largest absolute Gasteiger partial charge is 0.467 e. The molecule has 2 heterocycles. The number of amides is 2. The molecule has 2 aliphatic heterocycles. The molecule has 4 aromatic carbocycles. The molecule has 0 unspecified atom stereocenters. The Morgan fingerprint density at radius 2 is 1.53 bits per heavy atom. The number of non-ortho nitro benzene ring substituents is 1. The molecule has 3 N–H and O–H groups in total. The SMILES string of the molecule is COC(=O)[C@H](Cc1ccccc1)NC(=O)NCc1ccc([C@@H]2O[C@H](CN3CCN(c4ccc([N+](=O)[O-])cc4)CC3)C[C@H](c3ccc(CO)cc3)O2)cc1. The van der Waals surface area contributed by atoms with Crippen molar-refractivity contribution in [2.75, 3.05) is 44.7 Å². The van der Waals surface area contributed by atoms with Crippen molar-refractivity contribution in [1.29, 1.82) is 0 Å². The average molecular weight is 724 g/mol. The van der Waals surface area contributed by atoms with Crippen molar-refractivity contribution in [3.8, 4) is 0 Å². The fourth-order valence-corrected chi connectivity index (χ4v) is 6.66. The van der Waals surface area contributed by atoms with E-state index in [4.69, 9.17) is 14.2 Å². The molecule has 0 radical (unpaired) electrons. The van der Waals surface area contributed by atoms with Gasteiger partial charge in [-0.1, -0.05) is 78.9 Å². The lowest BCUT2D eigenvalue weighted by molar-refractivity contribution is -0.384. The highest BCUT2D eigenvalue weighted by atomic mass is 16.7. The average Bonchev–Trinajstić information content (AvgIpc) is 3.20. The highest BCUT2D eigenvalue weighted by molar-refractivity contribution is 5.83. The Balaban J connectivity index is 1.07. The summed E-state index contributed by atoms with van der Waals surface area (Å²) in [4.78, 5) is 40.4. The van der Waals surface area contributed by atoms with Crippen LogP contribution in [0.15, 0.2) is 103 Å². The second-order valence-corrected chi connectivity index (χ2v) is 13.2. The van der Waals surface area contributed by atoms with E-state index in [2.05, 4.69) is 20.4 Å². The number of aliphatic hydroxyl groups is 1. The van der Waals surface area contributed by atoms with E-state index < -0.39 is 24.3 Å². The number of hydrogen-bond acceptors (Lipinski definition) is 10. The highest BCUT2D eigenvalue weighted by Crippen LogP contribution is 2.38. The molecule has 13 nitrogen and oxygen atoms in total. The third-order valence-electron chi connectivity index (χ3n) is 9.65. The first-order valence-electron chi connectivity index (χ1n) is 17.7. The number of aliphatic hydroxyl groups excluding tert-OH is 1. The van der Waals surface area contributed by atoms with Crippen LogP contribution < -0.4 is 15.5 Å². The van der Waals surface area contributed by atoms with Crippen LogP contribution in [-0.2, 0) is 38.6 Å². The molecule has 13 heteroatoms. The zero-order valence-electron chi connectivity index (χ0n) is 29.6. The predicted molar refractivity (Wildman–Crippen MR) is 198 cm³/mol. The molecule has 278 valence electrons. The van der Waals surface area contributed by atoms with Gasteiger partial charge in [0, 0.05) is 75.5 Å². The first kappa shape index (κ1) is 37.4. The van der Waals surface area contributed by atoms with Crippen molar-refractivity contribution in [3.63, 3.8) is 0 Å². The van der Waals surface area contributed by atoms with Gasteiger partial charge in [-0.25, -0.2) is 9.59 Å². The van der Waals surface area contributed by atoms with Crippen molar-refractivity contribution in [2.45, 2.75) is 50.5 Å². The van der Waals surface area contributed by atoms with Crippen molar-refractivity contribution in [1.82, 2.24) is 15.5 Å². The minimum absolute atomic E-state index is 0.0333. The third kappa shape index (κ3) is 10.2. The van der Waals surface area contributed by atoms with Gasteiger partial charge in [-0.15, -0.1) is 0 Å². The van der Waals surface area contributed by atoms with Crippen molar-refractivity contribution in [3.05, 3.63) is 141 Å². The number of ether oxygens (including phenoxy) is 3. The second kappa shape index (κ2) is 17.9. The van der Waals surface area contributed by atoms with Crippen molar-refractivity contribution in [2.24, 2.45) is 0 Å². The first-order chi connectivity index (χ1) is 25.8. The summed E-state index contributed by atoms with van der Waals surface area (Å²) in [6.45, 7) is 4.15. The van der Waals surface area contributed by atoms with Crippen LogP contribution in [0.4, 0.5) is 16.2 Å². The lowest BCUT2D eigenvalue weighted by Crippen LogP contribution is -2.49. The number of hydrogen-bond donors (Lipinski definition) is 3. The van der Waals surface area contributed by atoms with Crippen molar-refractivity contribution < 1.29 is 33.8 Å². The molecule has 0 spiro atoms. The summed E-state index contributed by atoms with van der Waals surface area (Å²) >= 11 is 0. The summed E-state index contributed by atoms with van der Waals surface area (Å²) in [5.74, 6) is -0.522. The van der Waals surface area contributed by atoms with E-state index >= 15 is 0 Å². The van der Waals surface area contributed by atoms with E-state index in [0.29, 0.717) is 19.4 Å². The molecule has 6 rings (SSSR count). The van der Waals surface area contributed by atoms with E-state index in [1.807, 2.05) is 78.9 Å². The lowest BCUT2D eigenvalue weighted by atomic mass is 9.99. The number of nitrogens with one attached hydrogen (secondary N) is 2. The fourth-order valence-electron chi connectivity index (χ4n) is 6.66. The molecule has 4 aromatic rings. The standard InChI is InChI=1S/C40H45N5O8/c1-51-38(47)36(23-28-5-3-2-4-6-28)42-40(48)41-25-29-7-13-32(14-8-29)39-52-35(24-37(53-39)31-11-9-30(27-46)10-12-31)26-43-19-21-44(22-20-43)33-15-17-34(18-16-33)45(49)50/h2-18,35-37,39,46H,19-27H2,1H3,(H2,41,42,48)/t35-,36-,37+,39+/m0/s1. The number of urea groups is 1. The summed E-state index contributed by atoms with van der Waals surface area (Å²) in [7, 11) is 1.30. The van der Waals surface area contributed by atoms with Gasteiger partial charge in [-0.2, -0.15) is 0 Å². The molecule has 4 atom stereocenters. The number of carbonyl (C=O) groups is 2. The van der Waals surface area contributed by atoms with Crippen LogP contribution in [0.3, 0.4) is 0 Å². The van der Waals surface area contributed by atoms with Gasteiger partial charge >= 0.3 is 12.0 Å². The maximum atomic E-state index is 12.8. The summed E-state index contributed by atoms with van der Waals surface area (Å²) in [6, 6.07) is 30.3. The van der Waals surface area contributed by atoms with Crippen LogP contribution in [-0.4, -0.2) is 78.9 Å². The molecule has 0 saturated carbocycles. The number of piperazine rings is 1. The molecule has 0 aromatic heterocycles. The number of nitrogens with zero attached hydrogens (tertiary/aromatic N) is 3. The fraction of sp³-hybridized carbons (Fsp3) is 0.350. The van der Waals surface area contributed by atoms with Gasteiger partial charge in [0.25, 0.3) is 5.69 Å². The Morgan fingerprint density at radius 3 is 2.17 bits per heavy atom. The van der Waals surface area contributed by atoms with Crippen LogP contribution in [0.1, 0.15) is 46.6 Å². The van der Waals surface area contributed by atoms with Crippen LogP contribution in [0.5, 0.6) is 0 Å². The van der Waals surface area contributed by atoms with Gasteiger partial charge in [0.05, 0.1) is 30.8 Å². The molecule has 0 aliphatic carbocycles. The monoisotopic (exact) mass is 723 g/mol. The Bertz CT molecular complexity index is 1800. The second-order valence-electron chi connectivity index (χ2n) is 13.2. The minimum Gasteiger partial charge on any atom is -0.467 e. The zero-order valence-corrected chi connectivity index (χ0v) is 29.6. The van der Waals surface area contributed by atoms with Crippen molar-refractivity contribution >= 4 is 23.4 Å². The topological polar surface area (TPSA) is 156 Å². The highest BCUT2D eigenvalue weighted by Gasteiger charge is 2.34. The molecule has 0 bridgehead atoms. The number of nitro groups is 1.